The van der Waals surface area contributed by atoms with Crippen LogP contribution < -0.4 is 10.6 Å². The van der Waals surface area contributed by atoms with Crippen molar-refractivity contribution in [3.63, 3.8) is 0 Å². The lowest BCUT2D eigenvalue weighted by molar-refractivity contribution is -0.119. The molecule has 6 nitrogen and oxygen atoms in total. The van der Waals surface area contributed by atoms with Crippen LogP contribution in [-0.2, 0) is 9.53 Å². The van der Waals surface area contributed by atoms with E-state index in [0.717, 1.165) is 29.9 Å². The summed E-state index contributed by atoms with van der Waals surface area (Å²) >= 11 is 0. The Morgan fingerprint density at radius 3 is 3.00 bits per heavy atom. The molecule has 2 aromatic rings. The molecule has 1 saturated heterocycles. The Labute approximate surface area is 140 Å². The van der Waals surface area contributed by atoms with Crippen LogP contribution in [0.15, 0.2) is 22.6 Å². The number of carbonyl (C=O) groups excluding carboxylic acids is 1. The Morgan fingerprint density at radius 1 is 1.45 bits per heavy atom. The summed E-state index contributed by atoms with van der Waals surface area (Å²) in [7, 11) is 0. The number of ether oxygens (including phenoxy) is 1. The quantitative estimate of drug-likeness (QED) is 0.890. The van der Waals surface area contributed by atoms with E-state index < -0.39 is 0 Å². The van der Waals surface area contributed by atoms with Crippen molar-refractivity contribution in [1.82, 2.24) is 10.3 Å². The Kier molecular flexibility index (Phi) is 7.09. The second-order valence-corrected chi connectivity index (χ2v) is 4.86. The molecule has 22 heavy (non-hydrogen) atoms. The second-order valence-electron chi connectivity index (χ2n) is 4.86. The molecule has 0 bridgehead atoms. The van der Waals surface area contributed by atoms with Gasteiger partial charge in [0, 0.05) is 25.7 Å². The Morgan fingerprint density at radius 2 is 2.27 bits per heavy atom. The summed E-state index contributed by atoms with van der Waals surface area (Å²) < 4.78 is 10.9. The smallest absolute Gasteiger partial charge is 0.227 e. The number of nitrogens with one attached hydrogen (secondary N) is 2. The summed E-state index contributed by atoms with van der Waals surface area (Å²) in [6.45, 7) is 4.02. The number of fused-ring (bicyclic) bond motifs is 1. The van der Waals surface area contributed by atoms with Gasteiger partial charge in [-0.1, -0.05) is 0 Å². The molecular weight excluding hydrogens is 329 g/mol. The molecule has 1 aromatic carbocycles. The zero-order valence-electron chi connectivity index (χ0n) is 12.1. The molecule has 1 unspecified atom stereocenters. The van der Waals surface area contributed by atoms with Crippen LogP contribution in [-0.4, -0.2) is 36.7 Å². The molecule has 0 saturated carbocycles. The van der Waals surface area contributed by atoms with Crippen LogP contribution in [0.3, 0.4) is 0 Å². The van der Waals surface area contributed by atoms with Crippen LogP contribution in [0.4, 0.5) is 5.69 Å². The molecule has 1 aliphatic rings. The van der Waals surface area contributed by atoms with Crippen molar-refractivity contribution in [2.45, 2.75) is 19.4 Å². The van der Waals surface area contributed by atoms with Crippen molar-refractivity contribution in [1.29, 1.82) is 0 Å². The summed E-state index contributed by atoms with van der Waals surface area (Å²) in [5.41, 5.74) is 2.19. The predicted molar refractivity (Wildman–Crippen MR) is 89.1 cm³/mol. The average molecular weight is 348 g/mol. The molecule has 2 N–H and O–H groups in total. The van der Waals surface area contributed by atoms with E-state index in [1.807, 2.05) is 18.2 Å². The summed E-state index contributed by atoms with van der Waals surface area (Å²) in [5, 5.41) is 6.07. The second kappa shape index (κ2) is 8.33. The van der Waals surface area contributed by atoms with Gasteiger partial charge in [0.15, 0.2) is 11.5 Å². The maximum absolute atomic E-state index is 12.0. The fraction of sp³-hybridized carbons (Fsp3) is 0.429. The Balaban J connectivity index is 0.00000121. The molecule has 1 amide bonds. The minimum atomic E-state index is -0.0572. The maximum Gasteiger partial charge on any atom is 0.227 e. The van der Waals surface area contributed by atoms with Gasteiger partial charge >= 0.3 is 0 Å². The van der Waals surface area contributed by atoms with E-state index in [-0.39, 0.29) is 36.8 Å². The van der Waals surface area contributed by atoms with Gasteiger partial charge in [-0.05, 0) is 18.2 Å². The molecule has 1 atom stereocenters. The molecule has 1 aromatic heterocycles. The number of rotatable bonds is 3. The van der Waals surface area contributed by atoms with Crippen LogP contribution in [0.1, 0.15) is 12.3 Å². The third-order valence-corrected chi connectivity index (χ3v) is 3.20. The van der Waals surface area contributed by atoms with Crippen LogP contribution in [0, 0.1) is 6.92 Å². The van der Waals surface area contributed by atoms with Crippen molar-refractivity contribution in [2.24, 2.45) is 0 Å². The van der Waals surface area contributed by atoms with Gasteiger partial charge in [0.25, 0.3) is 0 Å². The molecule has 2 heterocycles. The van der Waals surface area contributed by atoms with Gasteiger partial charge in [-0.15, -0.1) is 24.8 Å². The van der Waals surface area contributed by atoms with Gasteiger partial charge in [0.2, 0.25) is 5.91 Å². The van der Waals surface area contributed by atoms with Crippen molar-refractivity contribution >= 4 is 47.5 Å². The molecule has 1 aliphatic heterocycles. The molecule has 8 heteroatoms. The number of hydrogen-bond donors (Lipinski definition) is 2. The fourth-order valence-electron chi connectivity index (χ4n) is 2.29. The zero-order valence-corrected chi connectivity index (χ0v) is 13.8. The molecule has 0 aliphatic carbocycles. The van der Waals surface area contributed by atoms with Crippen LogP contribution in [0.25, 0.3) is 11.1 Å². The Hall–Kier alpha value is -1.34. The van der Waals surface area contributed by atoms with Crippen LogP contribution >= 0.6 is 24.8 Å². The lowest BCUT2D eigenvalue weighted by atomic mass is 10.2. The highest BCUT2D eigenvalue weighted by Crippen LogP contribution is 2.20. The maximum atomic E-state index is 12.0. The van der Waals surface area contributed by atoms with Crippen LogP contribution in [0.2, 0.25) is 0 Å². The average Bonchev–Trinajstić information content (AvgIpc) is 2.79. The normalized spacial score (nSPS) is 17.4. The van der Waals surface area contributed by atoms with Crippen molar-refractivity contribution < 1.29 is 13.9 Å². The first-order valence-corrected chi connectivity index (χ1v) is 6.70. The van der Waals surface area contributed by atoms with Crippen molar-refractivity contribution in [3.8, 4) is 0 Å². The molecule has 1 fully saturated rings. The molecule has 0 spiro atoms. The first kappa shape index (κ1) is 18.7. The van der Waals surface area contributed by atoms with Gasteiger partial charge in [0.1, 0.15) is 5.52 Å². The molecule has 0 radical (unpaired) electrons. The lowest BCUT2D eigenvalue weighted by Gasteiger charge is -2.23. The number of morpholine rings is 1. The minimum absolute atomic E-state index is 0. The van der Waals surface area contributed by atoms with E-state index in [4.69, 9.17) is 9.15 Å². The predicted octanol–water partition coefficient (Wildman–Crippen LogP) is 2.30. The summed E-state index contributed by atoms with van der Waals surface area (Å²) in [6, 6.07) is 5.43. The molecular formula is C14H19Cl2N3O3. The molecule has 122 valence electrons. The number of aromatic nitrogens is 1. The summed E-state index contributed by atoms with van der Waals surface area (Å²) in [6.07, 6.45) is 0.296. The lowest BCUT2D eigenvalue weighted by Crippen LogP contribution is -2.40. The van der Waals surface area contributed by atoms with Gasteiger partial charge in [-0.2, -0.15) is 0 Å². The highest BCUT2D eigenvalue weighted by Gasteiger charge is 2.17. The largest absolute Gasteiger partial charge is 0.441 e. The summed E-state index contributed by atoms with van der Waals surface area (Å²) in [4.78, 5) is 16.2. The number of nitrogens with zero attached hydrogens (tertiary/aromatic N) is 1. The number of halogens is 2. The number of amides is 1. The topological polar surface area (TPSA) is 76.4 Å². The number of carbonyl (C=O) groups is 1. The fourth-order valence-corrected chi connectivity index (χ4v) is 2.29. The third-order valence-electron chi connectivity index (χ3n) is 3.20. The minimum Gasteiger partial charge on any atom is -0.441 e. The summed E-state index contributed by atoms with van der Waals surface area (Å²) in [5.74, 6) is 0.559. The SMILES string of the molecule is Cc1nc2cc(NC(=O)CC3CNCCO3)ccc2o1.Cl.Cl. The Bertz CT molecular complexity index is 627. The van der Waals surface area contributed by atoms with Gasteiger partial charge < -0.3 is 19.8 Å². The number of benzene rings is 1. The van der Waals surface area contributed by atoms with E-state index in [0.29, 0.717) is 18.9 Å². The number of hydrogen-bond acceptors (Lipinski definition) is 5. The number of oxazole rings is 1. The van der Waals surface area contributed by atoms with E-state index in [1.165, 1.54) is 0 Å². The zero-order chi connectivity index (χ0) is 13.9. The van der Waals surface area contributed by atoms with E-state index in [2.05, 4.69) is 15.6 Å². The third kappa shape index (κ3) is 4.58. The van der Waals surface area contributed by atoms with Crippen LogP contribution in [0.5, 0.6) is 0 Å². The van der Waals surface area contributed by atoms with Crippen molar-refractivity contribution in [3.05, 3.63) is 24.1 Å². The number of anilines is 1. The number of aryl methyl sites for hydroxylation is 1. The van der Waals surface area contributed by atoms with E-state index in [9.17, 15) is 4.79 Å². The first-order valence-electron chi connectivity index (χ1n) is 6.70. The van der Waals surface area contributed by atoms with Gasteiger partial charge in [-0.25, -0.2) is 4.98 Å². The van der Waals surface area contributed by atoms with E-state index >= 15 is 0 Å². The van der Waals surface area contributed by atoms with Gasteiger partial charge in [-0.3, -0.25) is 4.79 Å². The molecule has 3 rings (SSSR count). The monoisotopic (exact) mass is 347 g/mol. The first-order chi connectivity index (χ1) is 9.70. The highest BCUT2D eigenvalue weighted by molar-refractivity contribution is 5.93. The van der Waals surface area contributed by atoms with E-state index in [1.54, 1.807) is 6.92 Å². The van der Waals surface area contributed by atoms with Crippen molar-refractivity contribution in [2.75, 3.05) is 25.0 Å². The van der Waals surface area contributed by atoms with Gasteiger partial charge in [0.05, 0.1) is 19.1 Å². The standard InChI is InChI=1S/C14H17N3O3.2ClH/c1-9-16-12-6-10(2-3-13(12)20-9)17-14(18)7-11-8-15-4-5-19-11;;/h2-3,6,11,15H,4-5,7-8H2,1H3,(H,17,18);2*1H. The highest BCUT2D eigenvalue weighted by atomic mass is 35.5.